The van der Waals surface area contributed by atoms with Crippen LogP contribution in [0.2, 0.25) is 0 Å². The SMILES string of the molecule is Cc1cc(Br)ccc1NC(=O)CSc1nnc(-c2cccs2)n1C. The summed E-state index contributed by atoms with van der Waals surface area (Å²) in [7, 11) is 1.91. The lowest BCUT2D eigenvalue weighted by Gasteiger charge is -2.08. The van der Waals surface area contributed by atoms with Crippen LogP contribution in [0.5, 0.6) is 0 Å². The molecule has 0 aliphatic rings. The van der Waals surface area contributed by atoms with Crippen LogP contribution in [0.25, 0.3) is 10.7 Å². The summed E-state index contributed by atoms with van der Waals surface area (Å²) in [6.07, 6.45) is 0. The monoisotopic (exact) mass is 422 g/mol. The Morgan fingerprint density at radius 1 is 1.38 bits per heavy atom. The number of amides is 1. The van der Waals surface area contributed by atoms with Gasteiger partial charge in [-0.1, -0.05) is 33.8 Å². The first kappa shape index (κ1) is 17.2. The molecule has 8 heteroatoms. The number of nitrogens with one attached hydrogen (secondary N) is 1. The Morgan fingerprint density at radius 2 is 2.21 bits per heavy atom. The molecule has 0 fully saturated rings. The summed E-state index contributed by atoms with van der Waals surface area (Å²) in [4.78, 5) is 13.2. The Kier molecular flexibility index (Phi) is 5.37. The predicted molar refractivity (Wildman–Crippen MR) is 103 cm³/mol. The number of hydrogen-bond donors (Lipinski definition) is 1. The van der Waals surface area contributed by atoms with Gasteiger partial charge in [0.15, 0.2) is 11.0 Å². The molecule has 2 aromatic heterocycles. The third-order valence-corrected chi connectivity index (χ3v) is 5.75. The van der Waals surface area contributed by atoms with Gasteiger partial charge in [-0.2, -0.15) is 0 Å². The number of halogens is 1. The topological polar surface area (TPSA) is 59.8 Å². The summed E-state index contributed by atoms with van der Waals surface area (Å²) >= 11 is 6.41. The lowest BCUT2D eigenvalue weighted by molar-refractivity contribution is -0.113. The van der Waals surface area contributed by atoms with Gasteiger partial charge in [0.1, 0.15) is 0 Å². The van der Waals surface area contributed by atoms with Gasteiger partial charge in [0.25, 0.3) is 0 Å². The first-order chi connectivity index (χ1) is 11.5. The molecule has 1 aromatic carbocycles. The van der Waals surface area contributed by atoms with Crippen LogP contribution in [-0.2, 0) is 11.8 Å². The lowest BCUT2D eigenvalue weighted by atomic mass is 10.2. The van der Waals surface area contributed by atoms with Crippen LogP contribution in [0.4, 0.5) is 5.69 Å². The van der Waals surface area contributed by atoms with Crippen molar-refractivity contribution < 1.29 is 4.79 Å². The van der Waals surface area contributed by atoms with Crippen LogP contribution in [0.1, 0.15) is 5.56 Å². The second-order valence-corrected chi connectivity index (χ2v) is 7.94. The molecular formula is C16H15BrN4OS2. The van der Waals surface area contributed by atoms with E-state index in [1.165, 1.54) is 11.8 Å². The number of carbonyl (C=O) groups is 1. The minimum absolute atomic E-state index is 0.0638. The zero-order valence-corrected chi connectivity index (χ0v) is 16.3. The Morgan fingerprint density at radius 3 is 2.92 bits per heavy atom. The maximum atomic E-state index is 12.2. The number of aryl methyl sites for hydroxylation is 1. The van der Waals surface area contributed by atoms with Gasteiger partial charge in [-0.15, -0.1) is 21.5 Å². The molecule has 0 unspecified atom stereocenters. The smallest absolute Gasteiger partial charge is 0.234 e. The normalized spacial score (nSPS) is 10.8. The molecule has 1 amide bonds. The van der Waals surface area contributed by atoms with Gasteiger partial charge in [-0.25, -0.2) is 0 Å². The molecule has 0 saturated carbocycles. The summed E-state index contributed by atoms with van der Waals surface area (Å²) in [5.41, 5.74) is 1.84. The molecular weight excluding hydrogens is 408 g/mol. The maximum Gasteiger partial charge on any atom is 0.234 e. The van der Waals surface area contributed by atoms with Crippen molar-refractivity contribution >= 4 is 50.6 Å². The molecule has 0 aliphatic heterocycles. The maximum absolute atomic E-state index is 12.2. The van der Waals surface area contributed by atoms with E-state index in [4.69, 9.17) is 0 Å². The summed E-state index contributed by atoms with van der Waals surface area (Å²) in [6, 6.07) is 9.76. The molecule has 124 valence electrons. The fraction of sp³-hybridized carbons (Fsp3) is 0.188. The minimum Gasteiger partial charge on any atom is -0.325 e. The van der Waals surface area contributed by atoms with Crippen LogP contribution in [0, 0.1) is 6.92 Å². The fourth-order valence-corrected chi connectivity index (χ4v) is 4.08. The van der Waals surface area contributed by atoms with E-state index in [0.717, 1.165) is 31.6 Å². The van der Waals surface area contributed by atoms with Crippen LogP contribution in [0.3, 0.4) is 0 Å². The predicted octanol–water partition coefficient (Wildman–Crippen LogP) is 4.35. The highest BCUT2D eigenvalue weighted by atomic mass is 79.9. The van der Waals surface area contributed by atoms with E-state index in [2.05, 4.69) is 31.4 Å². The molecule has 3 aromatic rings. The van der Waals surface area contributed by atoms with E-state index in [1.807, 2.05) is 54.3 Å². The number of nitrogens with zero attached hydrogens (tertiary/aromatic N) is 3. The zero-order valence-electron chi connectivity index (χ0n) is 13.1. The van der Waals surface area contributed by atoms with Gasteiger partial charge in [0.2, 0.25) is 5.91 Å². The van der Waals surface area contributed by atoms with E-state index in [9.17, 15) is 4.79 Å². The standard InChI is InChI=1S/C16H15BrN4OS2/c1-10-8-11(17)5-6-12(10)18-14(22)9-24-16-20-19-15(21(16)2)13-4-3-7-23-13/h3-8H,9H2,1-2H3,(H,18,22). The molecule has 5 nitrogen and oxygen atoms in total. The first-order valence-corrected chi connectivity index (χ1v) is 9.82. The largest absolute Gasteiger partial charge is 0.325 e. The van der Waals surface area contributed by atoms with Crippen LogP contribution in [0.15, 0.2) is 45.3 Å². The Hall–Kier alpha value is -1.64. The van der Waals surface area contributed by atoms with Crippen molar-refractivity contribution in [1.29, 1.82) is 0 Å². The molecule has 1 N–H and O–H groups in total. The molecule has 2 heterocycles. The van der Waals surface area contributed by atoms with Crippen molar-refractivity contribution in [3.63, 3.8) is 0 Å². The fourth-order valence-electron chi connectivity index (χ4n) is 2.14. The van der Waals surface area contributed by atoms with Crippen molar-refractivity contribution in [1.82, 2.24) is 14.8 Å². The number of carbonyl (C=O) groups excluding carboxylic acids is 1. The van der Waals surface area contributed by atoms with E-state index in [0.29, 0.717) is 0 Å². The van der Waals surface area contributed by atoms with E-state index >= 15 is 0 Å². The van der Waals surface area contributed by atoms with Crippen LogP contribution >= 0.6 is 39.0 Å². The number of anilines is 1. The number of thioether (sulfide) groups is 1. The average molecular weight is 423 g/mol. The number of rotatable bonds is 5. The van der Waals surface area contributed by atoms with Crippen molar-refractivity contribution in [2.45, 2.75) is 12.1 Å². The quantitative estimate of drug-likeness (QED) is 0.620. The Labute approximate surface area is 156 Å². The molecule has 3 rings (SSSR count). The van der Waals surface area contributed by atoms with Gasteiger partial charge in [-0.05, 0) is 42.1 Å². The van der Waals surface area contributed by atoms with Gasteiger partial charge in [-0.3, -0.25) is 4.79 Å². The second-order valence-electron chi connectivity index (χ2n) is 5.14. The van der Waals surface area contributed by atoms with Gasteiger partial charge in [0, 0.05) is 17.2 Å². The highest BCUT2D eigenvalue weighted by molar-refractivity contribution is 9.10. The number of hydrogen-bond acceptors (Lipinski definition) is 5. The highest BCUT2D eigenvalue weighted by Crippen LogP contribution is 2.26. The van der Waals surface area contributed by atoms with E-state index in [1.54, 1.807) is 11.3 Å². The number of aromatic nitrogens is 3. The molecule has 24 heavy (non-hydrogen) atoms. The van der Waals surface area contributed by atoms with Gasteiger partial charge >= 0.3 is 0 Å². The van der Waals surface area contributed by atoms with Crippen molar-refractivity contribution in [3.05, 3.63) is 45.7 Å². The Balaban J connectivity index is 1.62. The van der Waals surface area contributed by atoms with Crippen molar-refractivity contribution in [3.8, 4) is 10.7 Å². The van der Waals surface area contributed by atoms with Crippen molar-refractivity contribution in [2.75, 3.05) is 11.1 Å². The summed E-state index contributed by atoms with van der Waals surface area (Å²) in [6.45, 7) is 1.96. The number of thiophene rings is 1. The van der Waals surface area contributed by atoms with E-state index in [-0.39, 0.29) is 11.7 Å². The van der Waals surface area contributed by atoms with Crippen molar-refractivity contribution in [2.24, 2.45) is 7.05 Å². The van der Waals surface area contributed by atoms with E-state index < -0.39 is 0 Å². The minimum atomic E-state index is -0.0638. The third kappa shape index (κ3) is 3.88. The summed E-state index contributed by atoms with van der Waals surface area (Å²) in [5, 5.41) is 14.0. The average Bonchev–Trinajstić information content (AvgIpc) is 3.18. The molecule has 0 saturated heterocycles. The zero-order chi connectivity index (χ0) is 17.1. The summed E-state index contributed by atoms with van der Waals surface area (Å²) in [5.74, 6) is 1.04. The second kappa shape index (κ2) is 7.50. The molecule has 0 spiro atoms. The highest BCUT2D eigenvalue weighted by Gasteiger charge is 2.14. The van der Waals surface area contributed by atoms with Gasteiger partial charge < -0.3 is 9.88 Å². The van der Waals surface area contributed by atoms with Crippen LogP contribution in [-0.4, -0.2) is 26.4 Å². The molecule has 0 radical (unpaired) electrons. The lowest BCUT2D eigenvalue weighted by Crippen LogP contribution is -2.15. The first-order valence-electron chi connectivity index (χ1n) is 7.16. The Bertz CT molecular complexity index is 861. The van der Waals surface area contributed by atoms with Crippen LogP contribution < -0.4 is 5.32 Å². The van der Waals surface area contributed by atoms with Gasteiger partial charge in [0.05, 0.1) is 10.6 Å². The molecule has 0 atom stereocenters. The number of benzene rings is 1. The molecule has 0 bridgehead atoms. The third-order valence-electron chi connectivity index (χ3n) is 3.37. The summed E-state index contributed by atoms with van der Waals surface area (Å²) < 4.78 is 2.90. The molecule has 0 aliphatic carbocycles.